The van der Waals surface area contributed by atoms with E-state index in [1.54, 1.807) is 0 Å². The Labute approximate surface area is 305 Å². The third-order valence-corrected chi connectivity index (χ3v) is 11.0. The molecule has 0 N–H and O–H groups in total. The maximum Gasteiger partial charge on any atom is 0.164 e. The molecule has 250 valence electrons. The Morgan fingerprint density at radius 1 is 0.491 bits per heavy atom. The van der Waals surface area contributed by atoms with Gasteiger partial charge in [0.05, 0.1) is 11.0 Å². The molecule has 7 aromatic carbocycles. The molecule has 3 aromatic heterocycles. The van der Waals surface area contributed by atoms with Crippen molar-refractivity contribution in [1.82, 2.24) is 19.5 Å². The highest BCUT2D eigenvalue weighted by molar-refractivity contribution is 6.26. The van der Waals surface area contributed by atoms with Gasteiger partial charge in [0.25, 0.3) is 0 Å². The van der Waals surface area contributed by atoms with Gasteiger partial charge in [0, 0.05) is 49.3 Å². The molecule has 3 heterocycles. The van der Waals surface area contributed by atoms with Crippen molar-refractivity contribution in [2.75, 3.05) is 0 Å². The van der Waals surface area contributed by atoms with Gasteiger partial charge in [-0.05, 0) is 58.7 Å². The smallest absolute Gasteiger partial charge is 0.164 e. The van der Waals surface area contributed by atoms with Crippen LogP contribution in [0.3, 0.4) is 0 Å². The topological polar surface area (TPSA) is 56.7 Å². The van der Waals surface area contributed by atoms with Crippen molar-refractivity contribution in [1.29, 1.82) is 0 Å². The van der Waals surface area contributed by atoms with Crippen LogP contribution in [0, 0.1) is 0 Å². The van der Waals surface area contributed by atoms with Crippen LogP contribution in [0.4, 0.5) is 0 Å². The van der Waals surface area contributed by atoms with E-state index in [1.165, 1.54) is 22.3 Å². The number of aromatic nitrogens is 4. The molecule has 0 aliphatic heterocycles. The molecule has 0 atom stereocenters. The average Bonchev–Trinajstić information content (AvgIpc) is 3.83. The number of nitrogens with zero attached hydrogens (tertiary/aromatic N) is 4. The average molecular weight is 681 g/mol. The lowest BCUT2D eigenvalue weighted by molar-refractivity contribution is 0.661. The van der Waals surface area contributed by atoms with Gasteiger partial charge < -0.3 is 8.98 Å². The molecule has 1 aliphatic rings. The summed E-state index contributed by atoms with van der Waals surface area (Å²) in [5.74, 6) is 1.85. The van der Waals surface area contributed by atoms with Crippen molar-refractivity contribution in [3.05, 3.63) is 169 Å². The molecule has 0 unspecified atom stereocenters. The predicted molar refractivity (Wildman–Crippen MR) is 215 cm³/mol. The number of benzene rings is 7. The minimum Gasteiger partial charge on any atom is -0.454 e. The van der Waals surface area contributed by atoms with Crippen molar-refractivity contribution in [2.24, 2.45) is 0 Å². The Balaban J connectivity index is 1.31. The van der Waals surface area contributed by atoms with E-state index in [1.807, 2.05) is 72.8 Å². The fraction of sp³-hybridized carbons (Fsp3) is 0.0625. The first-order valence-electron chi connectivity index (χ1n) is 18.0. The Bertz CT molecular complexity index is 3010. The zero-order chi connectivity index (χ0) is 35.3. The fourth-order valence-electron chi connectivity index (χ4n) is 8.52. The summed E-state index contributed by atoms with van der Waals surface area (Å²) in [4.78, 5) is 15.5. The summed E-state index contributed by atoms with van der Waals surface area (Å²) in [5.41, 5.74) is 12.7. The summed E-state index contributed by atoms with van der Waals surface area (Å²) >= 11 is 0. The normalized spacial score (nSPS) is 13.2. The highest BCUT2D eigenvalue weighted by Crippen LogP contribution is 2.52. The maximum absolute atomic E-state index is 6.96. The summed E-state index contributed by atoms with van der Waals surface area (Å²) in [5, 5.41) is 4.23. The quantitative estimate of drug-likeness (QED) is 0.186. The molecule has 0 spiro atoms. The van der Waals surface area contributed by atoms with Crippen LogP contribution in [0.25, 0.3) is 94.7 Å². The highest BCUT2D eigenvalue weighted by atomic mass is 16.3. The van der Waals surface area contributed by atoms with Gasteiger partial charge in [-0.25, -0.2) is 15.0 Å². The third-order valence-electron chi connectivity index (χ3n) is 11.0. The van der Waals surface area contributed by atoms with Crippen LogP contribution in [0.2, 0.25) is 0 Å². The van der Waals surface area contributed by atoms with Crippen LogP contribution in [-0.4, -0.2) is 19.5 Å². The molecule has 0 bridgehead atoms. The second-order valence-corrected chi connectivity index (χ2v) is 14.4. The SMILES string of the molecule is CC1(C)c2ccccc2-c2cc3c4cc(-c5nc(-c6ccccc6)nc(-c6ccccc6)n5)c5c6ccccc6oc5c4n(-c4ccccc4)c3cc21. The van der Waals surface area contributed by atoms with Crippen LogP contribution in [0.1, 0.15) is 25.0 Å². The van der Waals surface area contributed by atoms with Gasteiger partial charge in [-0.3, -0.25) is 0 Å². The van der Waals surface area contributed by atoms with E-state index < -0.39 is 0 Å². The van der Waals surface area contributed by atoms with Crippen LogP contribution < -0.4 is 0 Å². The summed E-state index contributed by atoms with van der Waals surface area (Å²) in [6.45, 7) is 4.67. The number of fused-ring (bicyclic) bond motifs is 10. The van der Waals surface area contributed by atoms with E-state index >= 15 is 0 Å². The lowest BCUT2D eigenvalue weighted by Crippen LogP contribution is -2.14. The molecule has 0 amide bonds. The minimum atomic E-state index is -0.148. The van der Waals surface area contributed by atoms with Crippen LogP contribution >= 0.6 is 0 Å². The van der Waals surface area contributed by atoms with Crippen LogP contribution in [0.5, 0.6) is 0 Å². The number of para-hydroxylation sites is 2. The molecule has 53 heavy (non-hydrogen) atoms. The monoisotopic (exact) mass is 680 g/mol. The van der Waals surface area contributed by atoms with Gasteiger partial charge in [-0.1, -0.05) is 135 Å². The van der Waals surface area contributed by atoms with E-state index in [0.29, 0.717) is 17.5 Å². The molecule has 10 aromatic rings. The zero-order valence-corrected chi connectivity index (χ0v) is 29.2. The standard InChI is InChI=1S/C48H32N4O/c1-48(2)38-24-14-12-22-32(38)34-26-35-36-27-37(47-50-45(29-16-6-3-7-17-29)49-46(51-47)30-18-8-4-9-19-30)42-33-23-13-15-25-41(33)53-44(42)43(36)52(40(35)28-39(34)48)31-20-10-5-11-21-31/h3-28H,1-2H3. The number of hydrogen-bond acceptors (Lipinski definition) is 4. The first-order valence-corrected chi connectivity index (χ1v) is 18.0. The van der Waals surface area contributed by atoms with Gasteiger partial charge in [0.2, 0.25) is 0 Å². The lowest BCUT2D eigenvalue weighted by atomic mass is 9.82. The van der Waals surface area contributed by atoms with E-state index in [2.05, 4.69) is 103 Å². The highest BCUT2D eigenvalue weighted by Gasteiger charge is 2.36. The van der Waals surface area contributed by atoms with E-state index in [9.17, 15) is 0 Å². The van der Waals surface area contributed by atoms with Crippen LogP contribution in [-0.2, 0) is 5.41 Å². The van der Waals surface area contributed by atoms with Gasteiger partial charge in [0.15, 0.2) is 23.1 Å². The minimum absolute atomic E-state index is 0.148. The number of furan rings is 1. The van der Waals surface area contributed by atoms with Gasteiger partial charge in [-0.2, -0.15) is 0 Å². The number of hydrogen-bond donors (Lipinski definition) is 0. The molecule has 0 fully saturated rings. The number of rotatable bonds is 4. The van der Waals surface area contributed by atoms with E-state index in [4.69, 9.17) is 19.4 Å². The summed E-state index contributed by atoms with van der Waals surface area (Å²) in [6, 6.07) is 55.1. The van der Waals surface area contributed by atoms with Crippen molar-refractivity contribution in [2.45, 2.75) is 19.3 Å². The lowest BCUT2D eigenvalue weighted by Gasteiger charge is -2.21. The molecular weight excluding hydrogens is 649 g/mol. The molecule has 5 heteroatoms. The fourth-order valence-corrected chi connectivity index (χ4v) is 8.52. The first-order chi connectivity index (χ1) is 26.0. The molecule has 0 saturated carbocycles. The van der Waals surface area contributed by atoms with Gasteiger partial charge in [-0.15, -0.1) is 0 Å². The largest absolute Gasteiger partial charge is 0.454 e. The van der Waals surface area contributed by atoms with Gasteiger partial charge >= 0.3 is 0 Å². The predicted octanol–water partition coefficient (Wildman–Crippen LogP) is 12.2. The maximum atomic E-state index is 6.96. The first kappa shape index (κ1) is 29.8. The molecule has 1 aliphatic carbocycles. The second-order valence-electron chi connectivity index (χ2n) is 14.4. The molecular formula is C48H32N4O. The summed E-state index contributed by atoms with van der Waals surface area (Å²) in [7, 11) is 0. The Kier molecular flexibility index (Phi) is 6.23. The van der Waals surface area contributed by atoms with Crippen LogP contribution in [0.15, 0.2) is 162 Å². The Hall–Kier alpha value is -6.85. The molecule has 0 saturated heterocycles. The summed E-state index contributed by atoms with van der Waals surface area (Å²) < 4.78 is 9.34. The molecule has 0 radical (unpaired) electrons. The van der Waals surface area contributed by atoms with Gasteiger partial charge in [0.1, 0.15) is 5.58 Å². The van der Waals surface area contributed by atoms with E-state index in [-0.39, 0.29) is 5.41 Å². The van der Waals surface area contributed by atoms with Crippen molar-refractivity contribution >= 4 is 43.7 Å². The Morgan fingerprint density at radius 2 is 1.08 bits per heavy atom. The van der Waals surface area contributed by atoms with Crippen molar-refractivity contribution in [3.63, 3.8) is 0 Å². The van der Waals surface area contributed by atoms with E-state index in [0.717, 1.165) is 66.1 Å². The molecule has 11 rings (SSSR count). The van der Waals surface area contributed by atoms with Crippen molar-refractivity contribution in [3.8, 4) is 51.0 Å². The Morgan fingerprint density at radius 3 is 1.79 bits per heavy atom. The molecule has 5 nitrogen and oxygen atoms in total. The van der Waals surface area contributed by atoms with Crippen molar-refractivity contribution < 1.29 is 4.42 Å². The third kappa shape index (κ3) is 4.34. The second kappa shape index (κ2) is 11.1. The summed E-state index contributed by atoms with van der Waals surface area (Å²) in [6.07, 6.45) is 0. The zero-order valence-electron chi connectivity index (χ0n) is 29.2.